The lowest BCUT2D eigenvalue weighted by molar-refractivity contribution is -0.140. The Balaban J connectivity index is 1.79. The first-order chi connectivity index (χ1) is 8.22. The number of carbonyl (C=O) groups excluding carboxylic acids is 1. The molecule has 1 aliphatic carbocycles. The van der Waals surface area contributed by atoms with Gasteiger partial charge in [-0.1, -0.05) is 20.3 Å². The minimum Gasteiger partial charge on any atom is -0.342 e. The van der Waals surface area contributed by atoms with Gasteiger partial charge in [-0.25, -0.2) is 0 Å². The molecule has 2 unspecified atom stereocenters. The molecule has 3 heteroatoms. The van der Waals surface area contributed by atoms with Gasteiger partial charge in [0.15, 0.2) is 0 Å². The van der Waals surface area contributed by atoms with Crippen molar-refractivity contribution in [1.82, 2.24) is 10.2 Å². The fourth-order valence-electron chi connectivity index (χ4n) is 2.89. The van der Waals surface area contributed by atoms with E-state index in [1.807, 2.05) is 0 Å². The van der Waals surface area contributed by atoms with E-state index in [1.165, 1.54) is 12.8 Å². The average Bonchev–Trinajstić information content (AvgIpc) is 2.25. The molecule has 1 amide bonds. The molecule has 2 fully saturated rings. The number of hydrogen-bond donors (Lipinski definition) is 1. The van der Waals surface area contributed by atoms with Crippen molar-refractivity contribution in [2.24, 2.45) is 11.8 Å². The number of hydrogen-bond acceptors (Lipinski definition) is 2. The number of carbonyl (C=O) groups is 1. The summed E-state index contributed by atoms with van der Waals surface area (Å²) >= 11 is 0. The minimum absolute atomic E-state index is 0.363. The molecule has 0 aromatic rings. The molecule has 98 valence electrons. The highest BCUT2D eigenvalue weighted by molar-refractivity contribution is 5.79. The summed E-state index contributed by atoms with van der Waals surface area (Å²) in [6, 6.07) is 0.611. The molecule has 1 aliphatic heterocycles. The second kappa shape index (κ2) is 5.85. The number of nitrogens with zero attached hydrogens (tertiary/aromatic N) is 1. The van der Waals surface area contributed by atoms with Crippen molar-refractivity contribution in [3.63, 3.8) is 0 Å². The first-order valence-electron chi connectivity index (χ1n) is 7.24. The first-order valence-corrected chi connectivity index (χ1v) is 7.24. The van der Waals surface area contributed by atoms with Crippen LogP contribution in [0.15, 0.2) is 0 Å². The van der Waals surface area contributed by atoms with Crippen molar-refractivity contribution in [3.8, 4) is 0 Å². The predicted molar refractivity (Wildman–Crippen MR) is 69.8 cm³/mol. The van der Waals surface area contributed by atoms with Crippen molar-refractivity contribution in [3.05, 3.63) is 0 Å². The fourth-order valence-corrected chi connectivity index (χ4v) is 2.89. The molecular weight excluding hydrogens is 212 g/mol. The Labute approximate surface area is 105 Å². The van der Waals surface area contributed by atoms with Crippen LogP contribution < -0.4 is 5.32 Å². The standard InChI is InChI=1S/C14H26N2O/c1-3-8-15-13-7-9-16(10-11(13)2)14(17)12-5-4-6-12/h11-13,15H,3-10H2,1-2H3. The number of amides is 1. The van der Waals surface area contributed by atoms with Crippen LogP contribution in [0.1, 0.15) is 46.0 Å². The lowest BCUT2D eigenvalue weighted by Gasteiger charge is -2.40. The predicted octanol–water partition coefficient (Wildman–Crippen LogP) is 2.02. The molecule has 1 saturated heterocycles. The summed E-state index contributed by atoms with van der Waals surface area (Å²) in [5, 5.41) is 3.60. The van der Waals surface area contributed by atoms with Crippen LogP contribution in [0.5, 0.6) is 0 Å². The minimum atomic E-state index is 0.363. The fraction of sp³-hybridized carbons (Fsp3) is 0.929. The molecule has 0 radical (unpaired) electrons. The van der Waals surface area contributed by atoms with Gasteiger partial charge in [-0.3, -0.25) is 4.79 Å². The number of rotatable bonds is 4. The Morgan fingerprint density at radius 3 is 2.65 bits per heavy atom. The molecule has 1 heterocycles. The largest absolute Gasteiger partial charge is 0.342 e. The van der Waals surface area contributed by atoms with E-state index >= 15 is 0 Å². The van der Waals surface area contributed by atoms with Gasteiger partial charge in [-0.05, 0) is 38.1 Å². The van der Waals surface area contributed by atoms with E-state index in [0.29, 0.717) is 23.8 Å². The van der Waals surface area contributed by atoms with Gasteiger partial charge in [0.05, 0.1) is 0 Å². The monoisotopic (exact) mass is 238 g/mol. The number of likely N-dealkylation sites (tertiary alicyclic amines) is 1. The summed E-state index contributed by atoms with van der Waals surface area (Å²) in [6.07, 6.45) is 5.82. The highest BCUT2D eigenvalue weighted by Gasteiger charge is 2.33. The molecule has 0 aromatic carbocycles. The number of piperidine rings is 1. The highest BCUT2D eigenvalue weighted by Crippen LogP contribution is 2.30. The third-order valence-corrected chi connectivity index (χ3v) is 4.33. The summed E-state index contributed by atoms with van der Waals surface area (Å²) in [7, 11) is 0. The maximum atomic E-state index is 12.2. The molecule has 1 N–H and O–H groups in total. The second-order valence-electron chi connectivity index (χ2n) is 5.74. The van der Waals surface area contributed by atoms with Gasteiger partial charge in [0.2, 0.25) is 5.91 Å². The molecule has 2 aliphatic rings. The van der Waals surface area contributed by atoms with Crippen molar-refractivity contribution in [1.29, 1.82) is 0 Å². The van der Waals surface area contributed by atoms with Crippen LogP contribution in [0, 0.1) is 11.8 Å². The van der Waals surface area contributed by atoms with E-state index in [2.05, 4.69) is 24.1 Å². The zero-order valence-corrected chi connectivity index (χ0v) is 11.2. The van der Waals surface area contributed by atoms with Gasteiger partial charge in [-0.2, -0.15) is 0 Å². The van der Waals surface area contributed by atoms with Gasteiger partial charge in [0.25, 0.3) is 0 Å². The smallest absolute Gasteiger partial charge is 0.225 e. The number of nitrogens with one attached hydrogen (secondary N) is 1. The lowest BCUT2D eigenvalue weighted by Crippen LogP contribution is -2.52. The molecule has 2 rings (SSSR count). The molecular formula is C14H26N2O. The zero-order valence-electron chi connectivity index (χ0n) is 11.2. The third-order valence-electron chi connectivity index (χ3n) is 4.33. The molecule has 0 bridgehead atoms. The van der Waals surface area contributed by atoms with E-state index in [4.69, 9.17) is 0 Å². The van der Waals surface area contributed by atoms with E-state index < -0.39 is 0 Å². The van der Waals surface area contributed by atoms with Crippen LogP contribution in [0.4, 0.5) is 0 Å². The molecule has 17 heavy (non-hydrogen) atoms. The van der Waals surface area contributed by atoms with E-state index in [-0.39, 0.29) is 0 Å². The van der Waals surface area contributed by atoms with E-state index in [9.17, 15) is 4.79 Å². The van der Waals surface area contributed by atoms with Gasteiger partial charge in [0, 0.05) is 25.0 Å². The quantitative estimate of drug-likeness (QED) is 0.812. The van der Waals surface area contributed by atoms with Crippen LogP contribution >= 0.6 is 0 Å². The normalized spacial score (nSPS) is 30.1. The second-order valence-corrected chi connectivity index (χ2v) is 5.74. The Morgan fingerprint density at radius 1 is 1.35 bits per heavy atom. The van der Waals surface area contributed by atoms with Crippen LogP contribution in [0.2, 0.25) is 0 Å². The maximum Gasteiger partial charge on any atom is 0.225 e. The van der Waals surface area contributed by atoms with Gasteiger partial charge >= 0.3 is 0 Å². The Hall–Kier alpha value is -0.570. The lowest BCUT2D eigenvalue weighted by atomic mass is 9.83. The van der Waals surface area contributed by atoms with Gasteiger partial charge in [-0.15, -0.1) is 0 Å². The maximum absolute atomic E-state index is 12.2. The zero-order chi connectivity index (χ0) is 12.3. The summed E-state index contributed by atoms with van der Waals surface area (Å²) in [5.74, 6) is 1.39. The van der Waals surface area contributed by atoms with Crippen LogP contribution in [-0.4, -0.2) is 36.5 Å². The summed E-state index contributed by atoms with van der Waals surface area (Å²) in [5.41, 5.74) is 0. The topological polar surface area (TPSA) is 32.3 Å². The first kappa shape index (κ1) is 12.9. The van der Waals surface area contributed by atoms with Crippen molar-refractivity contribution >= 4 is 5.91 Å². The molecule has 2 atom stereocenters. The van der Waals surface area contributed by atoms with E-state index in [1.54, 1.807) is 0 Å². The average molecular weight is 238 g/mol. The summed E-state index contributed by atoms with van der Waals surface area (Å²) in [6.45, 7) is 7.49. The van der Waals surface area contributed by atoms with Crippen LogP contribution in [-0.2, 0) is 4.79 Å². The van der Waals surface area contributed by atoms with Crippen molar-refractivity contribution in [2.75, 3.05) is 19.6 Å². The molecule has 1 saturated carbocycles. The van der Waals surface area contributed by atoms with Crippen LogP contribution in [0.3, 0.4) is 0 Å². The molecule has 0 spiro atoms. The van der Waals surface area contributed by atoms with Crippen LogP contribution in [0.25, 0.3) is 0 Å². The SMILES string of the molecule is CCCNC1CCN(C(=O)C2CCC2)CC1C. The summed E-state index contributed by atoms with van der Waals surface area (Å²) in [4.78, 5) is 14.3. The Bertz CT molecular complexity index is 263. The summed E-state index contributed by atoms with van der Waals surface area (Å²) < 4.78 is 0. The van der Waals surface area contributed by atoms with E-state index in [0.717, 1.165) is 38.9 Å². The highest BCUT2D eigenvalue weighted by atomic mass is 16.2. The third kappa shape index (κ3) is 3.01. The van der Waals surface area contributed by atoms with Crippen molar-refractivity contribution in [2.45, 2.75) is 52.0 Å². The van der Waals surface area contributed by atoms with Gasteiger partial charge in [0.1, 0.15) is 0 Å². The molecule has 0 aromatic heterocycles. The Morgan fingerprint density at radius 2 is 2.12 bits per heavy atom. The van der Waals surface area contributed by atoms with Crippen molar-refractivity contribution < 1.29 is 4.79 Å². The molecule has 3 nitrogen and oxygen atoms in total. The Kier molecular flexibility index (Phi) is 4.43. The van der Waals surface area contributed by atoms with Gasteiger partial charge < -0.3 is 10.2 Å².